The standard InChI is InChI=1S/C18H19ClN2O3/c1-2-24-18(22)15(13-20)5-8-17(21-9-11-23-12-10-21)14-3-6-16(19)7-4-14/h3-8H,2,9-12H2,1H3/b15-5+,17-8-. The number of allylic oxidation sites excluding steroid dienone is 2. The first kappa shape index (κ1) is 18.1. The van der Waals surface area contributed by atoms with E-state index in [1.807, 2.05) is 30.3 Å². The van der Waals surface area contributed by atoms with Crippen molar-refractivity contribution in [3.05, 3.63) is 52.6 Å². The largest absolute Gasteiger partial charge is 0.462 e. The lowest BCUT2D eigenvalue weighted by molar-refractivity contribution is -0.138. The van der Waals surface area contributed by atoms with Crippen LogP contribution in [0.25, 0.3) is 5.70 Å². The monoisotopic (exact) mass is 346 g/mol. The summed E-state index contributed by atoms with van der Waals surface area (Å²) in [6, 6.07) is 9.33. The van der Waals surface area contributed by atoms with Crippen LogP contribution in [0.2, 0.25) is 5.02 Å². The normalized spacial score (nSPS) is 15.8. The van der Waals surface area contributed by atoms with Crippen molar-refractivity contribution in [2.45, 2.75) is 6.92 Å². The van der Waals surface area contributed by atoms with Crippen molar-refractivity contribution in [1.82, 2.24) is 4.90 Å². The topological polar surface area (TPSA) is 62.6 Å². The molecule has 1 aliphatic heterocycles. The number of morpholine rings is 1. The van der Waals surface area contributed by atoms with Crippen LogP contribution in [0.5, 0.6) is 0 Å². The highest BCUT2D eigenvalue weighted by atomic mass is 35.5. The number of nitrogens with zero attached hydrogens (tertiary/aromatic N) is 2. The van der Waals surface area contributed by atoms with Crippen LogP contribution >= 0.6 is 11.6 Å². The summed E-state index contributed by atoms with van der Waals surface area (Å²) in [7, 11) is 0. The summed E-state index contributed by atoms with van der Waals surface area (Å²) in [5.74, 6) is -0.617. The average Bonchev–Trinajstić information content (AvgIpc) is 2.61. The number of benzene rings is 1. The van der Waals surface area contributed by atoms with E-state index in [2.05, 4.69) is 4.90 Å². The first-order valence-corrected chi connectivity index (χ1v) is 8.11. The van der Waals surface area contributed by atoms with Crippen molar-refractivity contribution < 1.29 is 14.3 Å². The molecule has 126 valence electrons. The third kappa shape index (κ3) is 4.85. The number of ether oxygens (including phenoxy) is 2. The number of rotatable bonds is 5. The Balaban J connectivity index is 2.35. The number of nitriles is 1. The highest BCUT2D eigenvalue weighted by Crippen LogP contribution is 2.23. The van der Waals surface area contributed by atoms with Crippen molar-refractivity contribution in [3.8, 4) is 6.07 Å². The molecule has 0 bridgehead atoms. The van der Waals surface area contributed by atoms with Gasteiger partial charge in [-0.2, -0.15) is 5.26 Å². The van der Waals surface area contributed by atoms with Crippen LogP contribution in [0.1, 0.15) is 12.5 Å². The zero-order valence-electron chi connectivity index (χ0n) is 13.5. The van der Waals surface area contributed by atoms with Gasteiger partial charge < -0.3 is 14.4 Å². The van der Waals surface area contributed by atoms with Gasteiger partial charge in [0.25, 0.3) is 0 Å². The molecule has 0 saturated carbocycles. The Kier molecular flexibility index (Phi) is 6.86. The molecule has 0 aromatic heterocycles. The fourth-order valence-corrected chi connectivity index (χ4v) is 2.46. The number of hydrogen-bond donors (Lipinski definition) is 0. The van der Waals surface area contributed by atoms with Crippen LogP contribution in [-0.2, 0) is 14.3 Å². The van der Waals surface area contributed by atoms with Gasteiger partial charge in [0.2, 0.25) is 0 Å². The molecule has 0 spiro atoms. The predicted octanol–water partition coefficient (Wildman–Crippen LogP) is 3.03. The molecule has 1 aromatic rings. The summed E-state index contributed by atoms with van der Waals surface area (Å²) in [5.41, 5.74) is 1.84. The maximum Gasteiger partial charge on any atom is 0.348 e. The van der Waals surface area contributed by atoms with Crippen molar-refractivity contribution >= 4 is 23.3 Å². The molecule has 1 heterocycles. The second kappa shape index (κ2) is 9.11. The molecule has 1 aromatic carbocycles. The van der Waals surface area contributed by atoms with E-state index in [-0.39, 0.29) is 12.2 Å². The predicted molar refractivity (Wildman–Crippen MR) is 92.2 cm³/mol. The molecule has 1 aliphatic rings. The van der Waals surface area contributed by atoms with E-state index < -0.39 is 5.97 Å². The third-order valence-electron chi connectivity index (χ3n) is 3.52. The molecule has 0 aliphatic carbocycles. The van der Waals surface area contributed by atoms with Gasteiger partial charge in [-0.25, -0.2) is 4.79 Å². The van der Waals surface area contributed by atoms with Crippen molar-refractivity contribution in [2.75, 3.05) is 32.9 Å². The van der Waals surface area contributed by atoms with Crippen LogP contribution in [0.3, 0.4) is 0 Å². The second-order valence-corrected chi connectivity index (χ2v) is 5.51. The molecule has 0 unspecified atom stereocenters. The molecular formula is C18H19ClN2O3. The molecular weight excluding hydrogens is 328 g/mol. The lowest BCUT2D eigenvalue weighted by atomic mass is 10.1. The summed E-state index contributed by atoms with van der Waals surface area (Å²) in [6.45, 7) is 4.69. The molecule has 1 saturated heterocycles. The summed E-state index contributed by atoms with van der Waals surface area (Å²) in [5, 5.41) is 9.81. The Morgan fingerprint density at radius 1 is 1.33 bits per heavy atom. The average molecular weight is 347 g/mol. The minimum absolute atomic E-state index is 0.0310. The summed E-state index contributed by atoms with van der Waals surface area (Å²) in [4.78, 5) is 13.9. The van der Waals surface area contributed by atoms with Crippen molar-refractivity contribution in [1.29, 1.82) is 5.26 Å². The van der Waals surface area contributed by atoms with Gasteiger partial charge in [-0.1, -0.05) is 23.7 Å². The third-order valence-corrected chi connectivity index (χ3v) is 3.77. The molecule has 6 heteroatoms. The van der Waals surface area contributed by atoms with Crippen LogP contribution in [0.4, 0.5) is 0 Å². The van der Waals surface area contributed by atoms with Crippen LogP contribution in [-0.4, -0.2) is 43.8 Å². The number of carbonyl (C=O) groups excluding carboxylic acids is 1. The Morgan fingerprint density at radius 2 is 2.00 bits per heavy atom. The molecule has 24 heavy (non-hydrogen) atoms. The van der Waals surface area contributed by atoms with E-state index in [9.17, 15) is 4.79 Å². The molecule has 0 atom stereocenters. The van der Waals surface area contributed by atoms with E-state index in [1.54, 1.807) is 13.0 Å². The smallest absolute Gasteiger partial charge is 0.348 e. The Hall–Kier alpha value is -2.29. The molecule has 0 radical (unpaired) electrons. The summed E-state index contributed by atoms with van der Waals surface area (Å²) >= 11 is 5.96. The summed E-state index contributed by atoms with van der Waals surface area (Å²) in [6.07, 6.45) is 3.27. The maximum atomic E-state index is 11.8. The zero-order chi connectivity index (χ0) is 17.4. The number of carbonyl (C=O) groups is 1. The van der Waals surface area contributed by atoms with E-state index in [4.69, 9.17) is 26.3 Å². The zero-order valence-corrected chi connectivity index (χ0v) is 14.3. The van der Waals surface area contributed by atoms with Gasteiger partial charge in [0.05, 0.1) is 19.8 Å². The maximum absolute atomic E-state index is 11.8. The molecule has 0 N–H and O–H groups in total. The van der Waals surface area contributed by atoms with E-state index in [0.717, 1.165) is 24.4 Å². The first-order chi connectivity index (χ1) is 11.7. The summed E-state index contributed by atoms with van der Waals surface area (Å²) < 4.78 is 10.3. The highest BCUT2D eigenvalue weighted by molar-refractivity contribution is 6.30. The van der Waals surface area contributed by atoms with Crippen molar-refractivity contribution in [2.24, 2.45) is 0 Å². The molecule has 5 nitrogen and oxygen atoms in total. The fraction of sp³-hybridized carbons (Fsp3) is 0.333. The van der Waals surface area contributed by atoms with E-state index in [1.165, 1.54) is 6.08 Å². The quantitative estimate of drug-likeness (QED) is 0.355. The first-order valence-electron chi connectivity index (χ1n) is 7.73. The Bertz CT molecular complexity index is 668. The number of hydrogen-bond acceptors (Lipinski definition) is 5. The van der Waals surface area contributed by atoms with Crippen LogP contribution in [0.15, 0.2) is 42.0 Å². The van der Waals surface area contributed by atoms with Gasteiger partial charge in [0.15, 0.2) is 0 Å². The fourth-order valence-electron chi connectivity index (χ4n) is 2.33. The van der Waals surface area contributed by atoms with E-state index in [0.29, 0.717) is 18.2 Å². The number of esters is 1. The second-order valence-electron chi connectivity index (χ2n) is 5.07. The van der Waals surface area contributed by atoms with E-state index >= 15 is 0 Å². The van der Waals surface area contributed by atoms with Gasteiger partial charge in [0, 0.05) is 23.8 Å². The van der Waals surface area contributed by atoms with Crippen LogP contribution in [0, 0.1) is 11.3 Å². The lowest BCUT2D eigenvalue weighted by Crippen LogP contribution is -2.34. The van der Waals surface area contributed by atoms with Crippen molar-refractivity contribution in [3.63, 3.8) is 0 Å². The SMILES string of the molecule is CCOC(=O)/C(C#N)=C/C=C(/c1ccc(Cl)cc1)N1CCOCC1. The molecule has 1 fully saturated rings. The van der Waals surface area contributed by atoms with Gasteiger partial charge in [0.1, 0.15) is 11.6 Å². The molecule has 0 amide bonds. The van der Waals surface area contributed by atoms with Gasteiger partial charge >= 0.3 is 5.97 Å². The highest BCUT2D eigenvalue weighted by Gasteiger charge is 2.16. The minimum atomic E-state index is -0.617. The molecule has 2 rings (SSSR count). The van der Waals surface area contributed by atoms with Gasteiger partial charge in [-0.3, -0.25) is 0 Å². The Morgan fingerprint density at radius 3 is 2.58 bits per heavy atom. The van der Waals surface area contributed by atoms with Crippen LogP contribution < -0.4 is 0 Å². The number of halogens is 1. The minimum Gasteiger partial charge on any atom is -0.462 e. The van der Waals surface area contributed by atoms with Gasteiger partial charge in [-0.15, -0.1) is 0 Å². The Labute approximate surface area is 146 Å². The lowest BCUT2D eigenvalue weighted by Gasteiger charge is -2.31. The van der Waals surface area contributed by atoms with Gasteiger partial charge in [-0.05, 0) is 36.8 Å².